The lowest BCUT2D eigenvalue weighted by Crippen LogP contribution is -2.18. The third-order valence-corrected chi connectivity index (χ3v) is 3.54. The van der Waals surface area contributed by atoms with Gasteiger partial charge < -0.3 is 4.74 Å². The van der Waals surface area contributed by atoms with Crippen molar-refractivity contribution in [3.05, 3.63) is 77.6 Å². The average molecular weight is 322 g/mol. The van der Waals surface area contributed by atoms with E-state index in [1.165, 1.54) is 25.5 Å². The summed E-state index contributed by atoms with van der Waals surface area (Å²) < 4.78 is 18.4. The van der Waals surface area contributed by atoms with Crippen molar-refractivity contribution in [1.29, 1.82) is 0 Å². The number of hydrazone groups is 1. The molecule has 3 aromatic rings. The van der Waals surface area contributed by atoms with Crippen LogP contribution in [0.15, 0.2) is 65.8 Å². The molecule has 0 unspecified atom stereocenters. The number of carbonyl (C=O) groups is 1. The first-order valence-electron chi connectivity index (χ1n) is 7.33. The first-order chi connectivity index (χ1) is 11.7. The number of hydrogen-bond acceptors (Lipinski definition) is 3. The predicted molar refractivity (Wildman–Crippen MR) is 92.0 cm³/mol. The molecular weight excluding hydrogens is 307 g/mol. The van der Waals surface area contributed by atoms with Crippen LogP contribution >= 0.6 is 0 Å². The molecule has 0 fully saturated rings. The lowest BCUT2D eigenvalue weighted by Gasteiger charge is -2.09. The van der Waals surface area contributed by atoms with Gasteiger partial charge in [-0.25, -0.2) is 9.82 Å². The van der Waals surface area contributed by atoms with E-state index >= 15 is 0 Å². The van der Waals surface area contributed by atoms with Crippen LogP contribution in [0.25, 0.3) is 10.8 Å². The Morgan fingerprint density at radius 2 is 1.83 bits per heavy atom. The molecule has 0 atom stereocenters. The van der Waals surface area contributed by atoms with E-state index in [4.69, 9.17) is 4.74 Å². The van der Waals surface area contributed by atoms with E-state index in [1.54, 1.807) is 24.3 Å². The Morgan fingerprint density at radius 1 is 1.08 bits per heavy atom. The lowest BCUT2D eigenvalue weighted by atomic mass is 10.1. The first-order valence-corrected chi connectivity index (χ1v) is 7.33. The van der Waals surface area contributed by atoms with Crippen molar-refractivity contribution in [3.8, 4) is 5.75 Å². The summed E-state index contributed by atoms with van der Waals surface area (Å²) >= 11 is 0. The van der Waals surface area contributed by atoms with Gasteiger partial charge in [-0.1, -0.05) is 36.4 Å². The number of nitrogens with one attached hydrogen (secondary N) is 1. The minimum absolute atomic E-state index is 0.360. The van der Waals surface area contributed by atoms with Gasteiger partial charge in [-0.15, -0.1) is 0 Å². The molecule has 1 amide bonds. The number of nitrogens with zero attached hydrogens (tertiary/aromatic N) is 1. The normalized spacial score (nSPS) is 10.9. The first kappa shape index (κ1) is 15.7. The number of ether oxygens (including phenoxy) is 1. The van der Waals surface area contributed by atoms with Crippen molar-refractivity contribution in [2.75, 3.05) is 7.11 Å². The number of benzene rings is 3. The second-order valence-corrected chi connectivity index (χ2v) is 5.15. The summed E-state index contributed by atoms with van der Waals surface area (Å²) in [6.07, 6.45) is 1.38. The molecule has 3 rings (SSSR count). The molecule has 0 spiro atoms. The van der Waals surface area contributed by atoms with E-state index in [9.17, 15) is 9.18 Å². The SMILES string of the molecule is COc1cc2ccccc2cc1C(=O)N/N=C\c1cccc(F)c1. The van der Waals surface area contributed by atoms with E-state index < -0.39 is 5.91 Å². The fraction of sp³-hybridized carbons (Fsp3) is 0.0526. The average Bonchev–Trinajstić information content (AvgIpc) is 2.60. The highest BCUT2D eigenvalue weighted by Gasteiger charge is 2.13. The lowest BCUT2D eigenvalue weighted by molar-refractivity contribution is 0.0952. The largest absolute Gasteiger partial charge is 0.496 e. The molecule has 0 saturated carbocycles. The monoisotopic (exact) mass is 322 g/mol. The molecule has 0 saturated heterocycles. The second-order valence-electron chi connectivity index (χ2n) is 5.15. The molecule has 1 N–H and O–H groups in total. The molecular formula is C19H15FN2O2. The molecule has 4 nitrogen and oxygen atoms in total. The Hall–Kier alpha value is -3.21. The topological polar surface area (TPSA) is 50.7 Å². The zero-order chi connectivity index (χ0) is 16.9. The van der Waals surface area contributed by atoms with Crippen LogP contribution in [0, 0.1) is 5.82 Å². The van der Waals surface area contributed by atoms with Crippen molar-refractivity contribution >= 4 is 22.9 Å². The van der Waals surface area contributed by atoms with Gasteiger partial charge in [0.15, 0.2) is 0 Å². The maximum atomic E-state index is 13.1. The van der Waals surface area contributed by atoms with Gasteiger partial charge in [-0.2, -0.15) is 5.10 Å². The summed E-state index contributed by atoms with van der Waals surface area (Å²) in [6.45, 7) is 0. The van der Waals surface area contributed by atoms with E-state index in [-0.39, 0.29) is 5.82 Å². The number of hydrogen-bond donors (Lipinski definition) is 1. The summed E-state index contributed by atoms with van der Waals surface area (Å²) in [5.74, 6) is -0.293. The molecule has 0 heterocycles. The molecule has 0 aromatic heterocycles. The van der Waals surface area contributed by atoms with Crippen LogP contribution in [0.2, 0.25) is 0 Å². The van der Waals surface area contributed by atoms with Crippen LogP contribution in [0.3, 0.4) is 0 Å². The third-order valence-electron chi connectivity index (χ3n) is 3.54. The Balaban J connectivity index is 1.83. The molecule has 0 aliphatic carbocycles. The van der Waals surface area contributed by atoms with E-state index in [2.05, 4.69) is 10.5 Å². The number of carbonyl (C=O) groups excluding carboxylic acids is 1. The maximum absolute atomic E-state index is 13.1. The Kier molecular flexibility index (Phi) is 4.52. The van der Waals surface area contributed by atoms with Gasteiger partial charge in [0.25, 0.3) is 5.91 Å². The smallest absolute Gasteiger partial charge is 0.275 e. The predicted octanol–water partition coefficient (Wildman–Crippen LogP) is 3.75. The van der Waals surface area contributed by atoms with Crippen LogP contribution < -0.4 is 10.2 Å². The number of amides is 1. The van der Waals surface area contributed by atoms with Crippen LogP contribution in [0.5, 0.6) is 5.75 Å². The molecule has 0 radical (unpaired) electrons. The van der Waals surface area contributed by atoms with Crippen LogP contribution in [0.1, 0.15) is 15.9 Å². The van der Waals surface area contributed by atoms with Gasteiger partial charge in [-0.05, 0) is 40.6 Å². The highest BCUT2D eigenvalue weighted by atomic mass is 19.1. The number of rotatable bonds is 4. The van der Waals surface area contributed by atoms with Gasteiger partial charge in [-0.3, -0.25) is 4.79 Å². The van der Waals surface area contributed by atoms with Crippen LogP contribution in [0.4, 0.5) is 4.39 Å². The Morgan fingerprint density at radius 3 is 2.54 bits per heavy atom. The van der Waals surface area contributed by atoms with Crippen LogP contribution in [-0.4, -0.2) is 19.2 Å². The molecule has 120 valence electrons. The number of fused-ring (bicyclic) bond motifs is 1. The minimum Gasteiger partial charge on any atom is -0.496 e. The molecule has 0 aliphatic rings. The number of halogens is 1. The molecule has 24 heavy (non-hydrogen) atoms. The fourth-order valence-corrected chi connectivity index (χ4v) is 2.38. The van der Waals surface area contributed by atoms with Crippen molar-refractivity contribution < 1.29 is 13.9 Å². The summed E-state index contributed by atoms with van der Waals surface area (Å²) in [7, 11) is 1.51. The Bertz CT molecular complexity index is 922. The van der Waals surface area contributed by atoms with E-state index in [0.717, 1.165) is 10.8 Å². The van der Waals surface area contributed by atoms with E-state index in [1.807, 2.05) is 24.3 Å². The standard InChI is InChI=1S/C19H15FN2O2/c1-24-18-11-15-7-3-2-6-14(15)10-17(18)19(23)22-21-12-13-5-4-8-16(20)9-13/h2-12H,1H3,(H,22,23)/b21-12-. The van der Waals surface area contributed by atoms with Crippen molar-refractivity contribution in [2.24, 2.45) is 5.10 Å². The third kappa shape index (κ3) is 3.41. The summed E-state index contributed by atoms with van der Waals surface area (Å²) in [5.41, 5.74) is 3.37. The molecule has 5 heteroatoms. The molecule has 3 aromatic carbocycles. The zero-order valence-electron chi connectivity index (χ0n) is 13.0. The highest BCUT2D eigenvalue weighted by Crippen LogP contribution is 2.25. The summed E-state index contributed by atoms with van der Waals surface area (Å²) in [4.78, 5) is 12.3. The maximum Gasteiger partial charge on any atom is 0.275 e. The highest BCUT2D eigenvalue weighted by molar-refractivity contribution is 6.01. The second kappa shape index (κ2) is 6.91. The van der Waals surface area contributed by atoms with Crippen molar-refractivity contribution in [1.82, 2.24) is 5.43 Å². The quantitative estimate of drug-likeness (QED) is 0.587. The summed E-state index contributed by atoms with van der Waals surface area (Å²) in [6, 6.07) is 17.2. The van der Waals surface area contributed by atoms with Crippen molar-refractivity contribution in [3.63, 3.8) is 0 Å². The number of methoxy groups -OCH3 is 1. The fourth-order valence-electron chi connectivity index (χ4n) is 2.38. The van der Waals surface area contributed by atoms with Gasteiger partial charge >= 0.3 is 0 Å². The minimum atomic E-state index is -0.398. The van der Waals surface area contributed by atoms with E-state index in [0.29, 0.717) is 16.9 Å². The van der Waals surface area contributed by atoms with Crippen molar-refractivity contribution in [2.45, 2.75) is 0 Å². The van der Waals surface area contributed by atoms with Gasteiger partial charge in [0.2, 0.25) is 0 Å². The molecule has 0 aliphatic heterocycles. The summed E-state index contributed by atoms with van der Waals surface area (Å²) in [5, 5.41) is 5.78. The van der Waals surface area contributed by atoms with Gasteiger partial charge in [0.05, 0.1) is 18.9 Å². The zero-order valence-corrected chi connectivity index (χ0v) is 13.0. The Labute approximate surface area is 138 Å². The van der Waals surface area contributed by atoms with Gasteiger partial charge in [0, 0.05) is 0 Å². The van der Waals surface area contributed by atoms with Gasteiger partial charge in [0.1, 0.15) is 11.6 Å². The molecule has 0 bridgehead atoms. The van der Waals surface area contributed by atoms with Crippen LogP contribution in [-0.2, 0) is 0 Å².